The fourth-order valence-corrected chi connectivity index (χ4v) is 4.89. The molecule has 0 aliphatic carbocycles. The molecule has 1 saturated heterocycles. The van der Waals surface area contributed by atoms with E-state index in [4.69, 9.17) is 16.3 Å². The highest BCUT2D eigenvalue weighted by atomic mass is 35.5. The van der Waals surface area contributed by atoms with E-state index in [0.717, 1.165) is 0 Å². The van der Waals surface area contributed by atoms with Crippen molar-refractivity contribution in [2.75, 3.05) is 37.2 Å². The van der Waals surface area contributed by atoms with Crippen LogP contribution in [0.15, 0.2) is 66.1 Å². The van der Waals surface area contributed by atoms with Crippen LogP contribution in [0.3, 0.4) is 0 Å². The Labute approximate surface area is 170 Å². The highest BCUT2D eigenvalue weighted by Crippen LogP contribution is 2.29. The monoisotopic (exact) mass is 420 g/mol. The van der Waals surface area contributed by atoms with E-state index in [1.807, 2.05) is 0 Å². The molecule has 6 nitrogen and oxygen atoms in total. The van der Waals surface area contributed by atoms with Gasteiger partial charge in [-0.25, -0.2) is 8.42 Å². The number of halogens is 1. The molecule has 1 fully saturated rings. The molecule has 1 amide bonds. The molecule has 1 aliphatic rings. The molecule has 1 heterocycles. The minimum absolute atomic E-state index is 0.0588. The zero-order valence-corrected chi connectivity index (χ0v) is 16.8. The number of nitrogens with zero attached hydrogens (tertiary/aromatic N) is 2. The summed E-state index contributed by atoms with van der Waals surface area (Å²) in [6.45, 7) is 5.59. The van der Waals surface area contributed by atoms with Crippen LogP contribution in [0.5, 0.6) is 0 Å². The lowest BCUT2D eigenvalue weighted by atomic mass is 10.2. The zero-order valence-electron chi connectivity index (χ0n) is 15.3. The van der Waals surface area contributed by atoms with Gasteiger partial charge in [-0.1, -0.05) is 35.9 Å². The molecule has 1 aliphatic heterocycles. The molecule has 0 bridgehead atoms. The fraction of sp³-hybridized carbons (Fsp3) is 0.250. The van der Waals surface area contributed by atoms with Crippen LogP contribution in [0.2, 0.25) is 5.02 Å². The van der Waals surface area contributed by atoms with Gasteiger partial charge in [0, 0.05) is 18.7 Å². The second-order valence-corrected chi connectivity index (χ2v) is 8.45. The predicted octanol–water partition coefficient (Wildman–Crippen LogP) is 3.19. The standard InChI is InChI=1S/C20H21ClN2O4S/c1-2-10-23(17-6-4-3-5-7-17)28(25,26)19-15-16(8-9-18(19)21)20(24)22-11-13-27-14-12-22/h2-9,15H,1,10-14H2. The SMILES string of the molecule is C=CCN(c1ccccc1)S(=O)(=O)c1cc(C(=O)N2CCOCC2)ccc1Cl. The predicted molar refractivity (Wildman–Crippen MR) is 109 cm³/mol. The van der Waals surface area contributed by atoms with Gasteiger partial charge >= 0.3 is 0 Å². The van der Waals surface area contributed by atoms with E-state index in [1.54, 1.807) is 41.3 Å². The van der Waals surface area contributed by atoms with Crippen LogP contribution in [-0.2, 0) is 14.8 Å². The summed E-state index contributed by atoms with van der Waals surface area (Å²) in [4.78, 5) is 14.3. The molecule has 0 aromatic heterocycles. The summed E-state index contributed by atoms with van der Waals surface area (Å²) in [6.07, 6.45) is 1.50. The molecule has 2 aromatic rings. The number of morpholine rings is 1. The molecular formula is C20H21ClN2O4S. The Morgan fingerprint density at radius 3 is 2.50 bits per heavy atom. The van der Waals surface area contributed by atoms with Gasteiger partial charge in [0.25, 0.3) is 15.9 Å². The molecule has 0 radical (unpaired) electrons. The molecule has 0 atom stereocenters. The summed E-state index contributed by atoms with van der Waals surface area (Å²) in [5.74, 6) is -0.244. The number of hydrogen-bond acceptors (Lipinski definition) is 4. The smallest absolute Gasteiger partial charge is 0.266 e. The van der Waals surface area contributed by atoms with Crippen molar-refractivity contribution in [3.05, 3.63) is 71.8 Å². The Balaban J connectivity index is 2.00. The van der Waals surface area contributed by atoms with Gasteiger partial charge in [0.2, 0.25) is 0 Å². The summed E-state index contributed by atoms with van der Waals surface area (Å²) >= 11 is 6.23. The Morgan fingerprint density at radius 1 is 1.18 bits per heavy atom. The third-order valence-electron chi connectivity index (χ3n) is 4.38. The lowest BCUT2D eigenvalue weighted by Gasteiger charge is -2.27. The first kappa shape index (κ1) is 20.4. The Bertz CT molecular complexity index is 957. The van der Waals surface area contributed by atoms with E-state index in [9.17, 15) is 13.2 Å². The van der Waals surface area contributed by atoms with Crippen molar-refractivity contribution < 1.29 is 17.9 Å². The van der Waals surface area contributed by atoms with E-state index in [1.165, 1.54) is 22.5 Å². The van der Waals surface area contributed by atoms with Crippen molar-refractivity contribution in [3.63, 3.8) is 0 Å². The van der Waals surface area contributed by atoms with Crippen molar-refractivity contribution >= 4 is 33.2 Å². The first-order valence-electron chi connectivity index (χ1n) is 8.80. The third-order valence-corrected chi connectivity index (χ3v) is 6.66. The summed E-state index contributed by atoms with van der Waals surface area (Å²) in [6, 6.07) is 13.0. The first-order chi connectivity index (χ1) is 13.4. The van der Waals surface area contributed by atoms with E-state index in [0.29, 0.717) is 32.0 Å². The number of anilines is 1. The van der Waals surface area contributed by atoms with Crippen LogP contribution in [0.4, 0.5) is 5.69 Å². The van der Waals surface area contributed by atoms with Crippen LogP contribution >= 0.6 is 11.6 Å². The molecule has 28 heavy (non-hydrogen) atoms. The van der Waals surface area contributed by atoms with Gasteiger partial charge in [-0.05, 0) is 30.3 Å². The first-order valence-corrected chi connectivity index (χ1v) is 10.6. The van der Waals surface area contributed by atoms with Crippen molar-refractivity contribution in [3.8, 4) is 0 Å². The number of amides is 1. The Hall–Kier alpha value is -2.35. The largest absolute Gasteiger partial charge is 0.378 e. The van der Waals surface area contributed by atoms with Gasteiger partial charge in [-0.15, -0.1) is 6.58 Å². The maximum absolute atomic E-state index is 13.3. The lowest BCUT2D eigenvalue weighted by Crippen LogP contribution is -2.40. The van der Waals surface area contributed by atoms with Crippen molar-refractivity contribution in [2.24, 2.45) is 0 Å². The molecule has 0 saturated carbocycles. The van der Waals surface area contributed by atoms with Crippen molar-refractivity contribution in [1.29, 1.82) is 0 Å². The van der Waals surface area contributed by atoms with Crippen molar-refractivity contribution in [2.45, 2.75) is 4.90 Å². The van der Waals surface area contributed by atoms with Crippen LogP contribution in [0.25, 0.3) is 0 Å². The highest BCUT2D eigenvalue weighted by Gasteiger charge is 2.28. The molecule has 3 rings (SSSR count). The summed E-state index contributed by atoms with van der Waals surface area (Å²) in [5.41, 5.74) is 0.764. The molecule has 0 N–H and O–H groups in total. The quantitative estimate of drug-likeness (QED) is 0.673. The third kappa shape index (κ3) is 4.22. The van der Waals surface area contributed by atoms with Gasteiger partial charge in [0.15, 0.2) is 0 Å². The number of carbonyl (C=O) groups excluding carboxylic acids is 1. The number of carbonyl (C=O) groups is 1. The van der Waals surface area contributed by atoms with Gasteiger partial charge in [0.05, 0.1) is 30.5 Å². The number of para-hydroxylation sites is 1. The average molecular weight is 421 g/mol. The molecular weight excluding hydrogens is 400 g/mol. The van der Waals surface area contributed by atoms with Crippen LogP contribution in [-0.4, -0.2) is 52.1 Å². The zero-order chi connectivity index (χ0) is 20.1. The van der Waals surface area contributed by atoms with Crippen LogP contribution < -0.4 is 4.31 Å². The maximum atomic E-state index is 13.3. The maximum Gasteiger partial charge on any atom is 0.266 e. The topological polar surface area (TPSA) is 66.9 Å². The lowest BCUT2D eigenvalue weighted by molar-refractivity contribution is 0.0302. The number of benzene rings is 2. The van der Waals surface area contributed by atoms with Crippen LogP contribution in [0.1, 0.15) is 10.4 Å². The van der Waals surface area contributed by atoms with E-state index in [2.05, 4.69) is 6.58 Å². The number of hydrogen-bond donors (Lipinski definition) is 0. The van der Waals surface area contributed by atoms with Gasteiger partial charge in [-0.3, -0.25) is 9.10 Å². The fourth-order valence-electron chi connectivity index (χ4n) is 2.96. The van der Waals surface area contributed by atoms with Crippen LogP contribution in [0, 0.1) is 0 Å². The summed E-state index contributed by atoms with van der Waals surface area (Å²) in [7, 11) is -4.00. The van der Waals surface area contributed by atoms with E-state index in [-0.39, 0.29) is 27.9 Å². The molecule has 0 unspecified atom stereocenters. The Kier molecular flexibility index (Phi) is 6.39. The summed E-state index contributed by atoms with van der Waals surface area (Å²) < 4.78 is 33.2. The second-order valence-electron chi connectivity index (χ2n) is 6.21. The number of sulfonamides is 1. The number of rotatable bonds is 6. The average Bonchev–Trinajstić information content (AvgIpc) is 2.73. The molecule has 148 valence electrons. The number of ether oxygens (including phenoxy) is 1. The normalized spacial score (nSPS) is 14.5. The minimum atomic E-state index is -4.00. The Morgan fingerprint density at radius 2 is 1.86 bits per heavy atom. The molecule has 8 heteroatoms. The highest BCUT2D eigenvalue weighted by molar-refractivity contribution is 7.93. The van der Waals surface area contributed by atoms with Gasteiger partial charge in [-0.2, -0.15) is 0 Å². The van der Waals surface area contributed by atoms with E-state index >= 15 is 0 Å². The van der Waals surface area contributed by atoms with Gasteiger partial charge < -0.3 is 9.64 Å². The van der Waals surface area contributed by atoms with E-state index < -0.39 is 10.0 Å². The van der Waals surface area contributed by atoms with Crippen molar-refractivity contribution in [1.82, 2.24) is 4.90 Å². The second kappa shape index (κ2) is 8.77. The molecule has 2 aromatic carbocycles. The summed E-state index contributed by atoms with van der Waals surface area (Å²) in [5, 5.41) is 0.0588. The van der Waals surface area contributed by atoms with Gasteiger partial charge in [0.1, 0.15) is 4.90 Å². The molecule has 0 spiro atoms. The minimum Gasteiger partial charge on any atom is -0.378 e.